The predicted octanol–water partition coefficient (Wildman–Crippen LogP) is 4.56. The van der Waals surface area contributed by atoms with Crippen molar-refractivity contribution in [2.24, 2.45) is 0 Å². The summed E-state index contributed by atoms with van der Waals surface area (Å²) in [4.78, 5) is 11.6. The molecular weight excluding hydrogens is 354 g/mol. The van der Waals surface area contributed by atoms with Gasteiger partial charge in [0.2, 0.25) is 0 Å². The van der Waals surface area contributed by atoms with Gasteiger partial charge in [-0.1, -0.05) is 28.9 Å². The Kier molecular flexibility index (Phi) is 7.06. The highest BCUT2D eigenvalue weighted by atomic mass is 35.5. The van der Waals surface area contributed by atoms with E-state index in [0.717, 1.165) is 24.2 Å². The van der Waals surface area contributed by atoms with Crippen molar-refractivity contribution in [2.75, 3.05) is 13.1 Å². The normalized spacial score (nSPS) is 12.7. The van der Waals surface area contributed by atoms with Gasteiger partial charge in [-0.25, -0.2) is 4.79 Å². The van der Waals surface area contributed by atoms with Gasteiger partial charge >= 0.3 is 6.09 Å². The second-order valence-corrected chi connectivity index (χ2v) is 7.52. The molecule has 0 saturated heterocycles. The van der Waals surface area contributed by atoms with E-state index in [4.69, 9.17) is 20.9 Å². The molecule has 1 atom stereocenters. The lowest BCUT2D eigenvalue weighted by atomic mass is 10.1. The average molecular weight is 380 g/mol. The van der Waals surface area contributed by atoms with Gasteiger partial charge < -0.3 is 19.9 Å². The SMILES string of the molecule is CC(NCCCNC(=O)OC(C)(C)C)c1cc(-c2cccc(Cl)c2)on1. The molecule has 2 rings (SSSR count). The molecule has 0 aliphatic rings. The summed E-state index contributed by atoms with van der Waals surface area (Å²) in [6.07, 6.45) is 0.385. The lowest BCUT2D eigenvalue weighted by Crippen LogP contribution is -2.34. The molecular formula is C19H26ClN3O3. The quantitative estimate of drug-likeness (QED) is 0.689. The first-order valence-electron chi connectivity index (χ1n) is 8.67. The number of benzene rings is 1. The highest BCUT2D eigenvalue weighted by Gasteiger charge is 2.16. The van der Waals surface area contributed by atoms with E-state index in [1.54, 1.807) is 0 Å². The van der Waals surface area contributed by atoms with Gasteiger partial charge in [-0.15, -0.1) is 0 Å². The fourth-order valence-corrected chi connectivity index (χ4v) is 2.48. The van der Waals surface area contributed by atoms with Gasteiger partial charge in [0.1, 0.15) is 11.3 Å². The molecule has 1 aromatic carbocycles. The maximum absolute atomic E-state index is 11.6. The number of hydrogen-bond acceptors (Lipinski definition) is 5. The Labute approximate surface area is 159 Å². The molecule has 7 heteroatoms. The van der Waals surface area contributed by atoms with Crippen LogP contribution >= 0.6 is 11.6 Å². The highest BCUT2D eigenvalue weighted by molar-refractivity contribution is 6.30. The first-order valence-corrected chi connectivity index (χ1v) is 9.05. The molecule has 1 heterocycles. The minimum Gasteiger partial charge on any atom is -0.444 e. The van der Waals surface area contributed by atoms with Gasteiger partial charge in [0.15, 0.2) is 5.76 Å². The Balaban J connectivity index is 1.73. The number of nitrogens with one attached hydrogen (secondary N) is 2. The lowest BCUT2D eigenvalue weighted by molar-refractivity contribution is 0.0527. The minimum absolute atomic E-state index is 0.0354. The number of halogens is 1. The molecule has 0 radical (unpaired) electrons. The Morgan fingerprint density at radius 2 is 2.08 bits per heavy atom. The summed E-state index contributed by atoms with van der Waals surface area (Å²) >= 11 is 6.01. The maximum atomic E-state index is 11.6. The van der Waals surface area contributed by atoms with Crippen LogP contribution in [0.3, 0.4) is 0 Å². The molecule has 0 spiro atoms. The number of nitrogens with zero attached hydrogens (tertiary/aromatic N) is 1. The molecule has 1 aromatic heterocycles. The van der Waals surface area contributed by atoms with Gasteiger partial charge in [-0.2, -0.15) is 0 Å². The zero-order valence-electron chi connectivity index (χ0n) is 15.6. The van der Waals surface area contributed by atoms with Gasteiger partial charge in [0, 0.05) is 23.2 Å². The molecule has 2 aromatic rings. The van der Waals surface area contributed by atoms with Crippen LogP contribution in [0.1, 0.15) is 45.9 Å². The number of alkyl carbamates (subject to hydrolysis) is 1. The van der Waals surface area contributed by atoms with Crippen LogP contribution in [-0.2, 0) is 4.74 Å². The van der Waals surface area contributed by atoms with Crippen molar-refractivity contribution in [1.82, 2.24) is 15.8 Å². The summed E-state index contributed by atoms with van der Waals surface area (Å²) < 4.78 is 10.6. The van der Waals surface area contributed by atoms with Crippen LogP contribution in [0.2, 0.25) is 5.02 Å². The summed E-state index contributed by atoms with van der Waals surface area (Å²) in [5.74, 6) is 0.683. The molecule has 1 unspecified atom stereocenters. The predicted molar refractivity (Wildman–Crippen MR) is 102 cm³/mol. The van der Waals surface area contributed by atoms with E-state index in [1.165, 1.54) is 0 Å². The number of carbonyl (C=O) groups is 1. The van der Waals surface area contributed by atoms with Crippen LogP contribution in [0.15, 0.2) is 34.9 Å². The fraction of sp³-hybridized carbons (Fsp3) is 0.474. The molecule has 0 aliphatic heterocycles. The molecule has 6 nitrogen and oxygen atoms in total. The molecule has 142 valence electrons. The number of carbonyl (C=O) groups excluding carboxylic acids is 1. The third-order valence-corrected chi connectivity index (χ3v) is 3.79. The molecule has 0 saturated carbocycles. The van der Waals surface area contributed by atoms with Crippen molar-refractivity contribution in [3.8, 4) is 11.3 Å². The summed E-state index contributed by atoms with van der Waals surface area (Å²) in [5, 5.41) is 10.9. The Bertz CT molecular complexity index is 725. The van der Waals surface area contributed by atoms with Crippen LogP contribution in [0, 0.1) is 0 Å². The van der Waals surface area contributed by atoms with Gasteiger partial charge in [-0.05, 0) is 52.8 Å². The molecule has 1 amide bonds. The van der Waals surface area contributed by atoms with Crippen LogP contribution in [0.4, 0.5) is 4.79 Å². The van der Waals surface area contributed by atoms with E-state index in [-0.39, 0.29) is 6.04 Å². The highest BCUT2D eigenvalue weighted by Crippen LogP contribution is 2.25. The first kappa shape index (κ1) is 20.3. The topological polar surface area (TPSA) is 76.4 Å². The molecule has 0 aliphatic carbocycles. The second kappa shape index (κ2) is 9.05. The minimum atomic E-state index is -0.482. The van der Waals surface area contributed by atoms with E-state index in [1.807, 2.05) is 58.0 Å². The van der Waals surface area contributed by atoms with E-state index in [0.29, 0.717) is 17.3 Å². The standard InChI is InChI=1S/C19H26ClN3O3/c1-13(21-9-6-10-22-18(24)25-19(2,3)4)16-12-17(26-23-16)14-7-5-8-15(20)11-14/h5,7-8,11-13,21H,6,9-10H2,1-4H3,(H,22,24). The molecule has 26 heavy (non-hydrogen) atoms. The first-order chi connectivity index (χ1) is 12.2. The van der Waals surface area contributed by atoms with Gasteiger partial charge in [0.05, 0.1) is 6.04 Å². The van der Waals surface area contributed by atoms with Crippen molar-refractivity contribution in [3.05, 3.63) is 41.0 Å². The molecule has 0 bridgehead atoms. The van der Waals surface area contributed by atoms with E-state index >= 15 is 0 Å². The Morgan fingerprint density at radius 1 is 1.31 bits per heavy atom. The van der Waals surface area contributed by atoms with Crippen molar-refractivity contribution >= 4 is 17.7 Å². The summed E-state index contributed by atoms with van der Waals surface area (Å²) in [7, 11) is 0. The Hall–Kier alpha value is -2.05. The van der Waals surface area contributed by atoms with Crippen molar-refractivity contribution in [1.29, 1.82) is 0 Å². The summed E-state index contributed by atoms with van der Waals surface area (Å²) in [6, 6.07) is 9.40. The summed E-state index contributed by atoms with van der Waals surface area (Å²) in [6.45, 7) is 8.81. The molecule has 2 N–H and O–H groups in total. The van der Waals surface area contributed by atoms with Crippen LogP contribution < -0.4 is 10.6 Å². The van der Waals surface area contributed by atoms with E-state index < -0.39 is 11.7 Å². The van der Waals surface area contributed by atoms with Crippen LogP contribution in [-0.4, -0.2) is 29.9 Å². The number of ether oxygens (including phenoxy) is 1. The third-order valence-electron chi connectivity index (χ3n) is 3.55. The van der Waals surface area contributed by atoms with Gasteiger partial charge in [-0.3, -0.25) is 0 Å². The fourth-order valence-electron chi connectivity index (χ4n) is 2.29. The lowest BCUT2D eigenvalue weighted by Gasteiger charge is -2.19. The smallest absolute Gasteiger partial charge is 0.407 e. The zero-order valence-corrected chi connectivity index (χ0v) is 16.4. The second-order valence-electron chi connectivity index (χ2n) is 7.08. The summed E-state index contributed by atoms with van der Waals surface area (Å²) in [5.41, 5.74) is 1.23. The van der Waals surface area contributed by atoms with E-state index in [2.05, 4.69) is 15.8 Å². The monoisotopic (exact) mass is 379 g/mol. The zero-order chi connectivity index (χ0) is 19.2. The Morgan fingerprint density at radius 3 is 2.77 bits per heavy atom. The average Bonchev–Trinajstić information content (AvgIpc) is 3.02. The number of amides is 1. The molecule has 0 fully saturated rings. The number of aromatic nitrogens is 1. The van der Waals surface area contributed by atoms with Crippen molar-refractivity contribution < 1.29 is 14.1 Å². The van der Waals surface area contributed by atoms with Crippen LogP contribution in [0.5, 0.6) is 0 Å². The van der Waals surface area contributed by atoms with Crippen molar-refractivity contribution in [2.45, 2.75) is 45.8 Å². The van der Waals surface area contributed by atoms with Gasteiger partial charge in [0.25, 0.3) is 0 Å². The number of hydrogen-bond donors (Lipinski definition) is 2. The maximum Gasteiger partial charge on any atom is 0.407 e. The van der Waals surface area contributed by atoms with Crippen molar-refractivity contribution in [3.63, 3.8) is 0 Å². The van der Waals surface area contributed by atoms with Crippen LogP contribution in [0.25, 0.3) is 11.3 Å². The van der Waals surface area contributed by atoms with E-state index in [9.17, 15) is 4.79 Å². The largest absolute Gasteiger partial charge is 0.444 e. The number of rotatable bonds is 7. The third kappa shape index (κ3) is 6.69.